The van der Waals surface area contributed by atoms with E-state index in [-0.39, 0.29) is 34.7 Å². The molecule has 2 amide bonds. The van der Waals surface area contributed by atoms with E-state index in [0.717, 1.165) is 4.90 Å². The number of benzene rings is 2. The van der Waals surface area contributed by atoms with Crippen molar-refractivity contribution in [2.24, 2.45) is 0 Å². The minimum Gasteiger partial charge on any atom is -0.465 e. The van der Waals surface area contributed by atoms with E-state index in [4.69, 9.17) is 9.84 Å². The molecule has 2 aromatic carbocycles. The van der Waals surface area contributed by atoms with Crippen molar-refractivity contribution in [1.82, 2.24) is 19.9 Å². The van der Waals surface area contributed by atoms with E-state index in [1.54, 1.807) is 18.2 Å². The fourth-order valence-corrected chi connectivity index (χ4v) is 4.30. The molecular weight excluding hydrogens is 495 g/mol. The lowest BCUT2D eigenvalue weighted by Crippen LogP contribution is -2.49. The molecule has 1 atom stereocenters. The maximum atomic E-state index is 13.6. The van der Waals surface area contributed by atoms with Crippen LogP contribution in [0.25, 0.3) is 11.0 Å². The molecule has 2 aromatic heterocycles. The average Bonchev–Trinajstić information content (AvgIpc) is 3.35. The van der Waals surface area contributed by atoms with E-state index >= 15 is 0 Å². The number of carboxylic acid groups (broad SMARTS) is 1. The van der Waals surface area contributed by atoms with E-state index in [0.29, 0.717) is 11.1 Å². The summed E-state index contributed by atoms with van der Waals surface area (Å²) in [5.74, 6) is -3.28. The number of halogens is 3. The van der Waals surface area contributed by atoms with Crippen molar-refractivity contribution in [2.75, 3.05) is 5.32 Å². The molecule has 4 aromatic rings. The Morgan fingerprint density at radius 2 is 1.84 bits per heavy atom. The molecule has 1 unspecified atom stereocenters. The zero-order chi connectivity index (χ0) is 26.4. The Labute approximate surface area is 205 Å². The van der Waals surface area contributed by atoms with E-state index in [1.807, 2.05) is 0 Å². The van der Waals surface area contributed by atoms with Crippen LogP contribution in [-0.4, -0.2) is 49.1 Å². The number of amides is 2. The van der Waals surface area contributed by atoms with Crippen LogP contribution >= 0.6 is 0 Å². The van der Waals surface area contributed by atoms with Crippen molar-refractivity contribution in [3.05, 3.63) is 89.2 Å². The standard InChI is InChI=1S/C24H16F3N5O5/c25-24(26,27)20(34)37-23(14-5-6-17-18(11-14)30-21(29-17)31-22(35)36)16-4-2-1-3-15(16)19(33)32(23)12-13-7-9-28-10-8-13/h1-11H,12H2,(H,35,36)(H2,29,30,31). The van der Waals surface area contributed by atoms with Gasteiger partial charge in [0.2, 0.25) is 11.7 Å². The first kappa shape index (κ1) is 23.8. The number of carbonyl (C=O) groups excluding carboxylic acids is 2. The second kappa shape index (κ2) is 8.62. The third-order valence-corrected chi connectivity index (χ3v) is 5.81. The highest BCUT2D eigenvalue weighted by atomic mass is 19.4. The number of anilines is 1. The Morgan fingerprint density at radius 3 is 2.54 bits per heavy atom. The minimum absolute atomic E-state index is 0.00155. The molecule has 0 aliphatic carbocycles. The Morgan fingerprint density at radius 1 is 1.11 bits per heavy atom. The number of imidazole rings is 1. The van der Waals surface area contributed by atoms with Crippen LogP contribution in [0, 0.1) is 0 Å². The van der Waals surface area contributed by atoms with Crippen molar-refractivity contribution < 1.29 is 37.4 Å². The molecule has 5 rings (SSSR count). The van der Waals surface area contributed by atoms with Crippen LogP contribution in [0.1, 0.15) is 27.0 Å². The Bertz CT molecular complexity index is 1540. The molecule has 3 heterocycles. The maximum Gasteiger partial charge on any atom is 0.491 e. The molecule has 0 radical (unpaired) electrons. The van der Waals surface area contributed by atoms with Gasteiger partial charge in [0.1, 0.15) is 0 Å². The molecule has 0 bridgehead atoms. The highest BCUT2D eigenvalue weighted by Crippen LogP contribution is 2.47. The monoisotopic (exact) mass is 511 g/mol. The second-order valence-corrected chi connectivity index (χ2v) is 8.07. The van der Waals surface area contributed by atoms with Crippen LogP contribution in [0.2, 0.25) is 0 Å². The molecule has 13 heteroatoms. The lowest BCUT2D eigenvalue weighted by molar-refractivity contribution is -0.222. The molecule has 1 aliphatic rings. The maximum absolute atomic E-state index is 13.6. The van der Waals surface area contributed by atoms with Gasteiger partial charge in [-0.1, -0.05) is 24.3 Å². The first-order chi connectivity index (χ1) is 17.6. The number of carbonyl (C=O) groups is 3. The second-order valence-electron chi connectivity index (χ2n) is 8.07. The molecule has 0 spiro atoms. The number of fused-ring (bicyclic) bond motifs is 2. The first-order valence-corrected chi connectivity index (χ1v) is 10.7. The molecule has 0 saturated heterocycles. The number of nitrogens with zero attached hydrogens (tertiary/aromatic N) is 3. The van der Waals surface area contributed by atoms with Gasteiger partial charge >= 0.3 is 18.2 Å². The highest BCUT2D eigenvalue weighted by Gasteiger charge is 2.57. The first-order valence-electron chi connectivity index (χ1n) is 10.7. The largest absolute Gasteiger partial charge is 0.491 e. The third kappa shape index (κ3) is 4.09. The van der Waals surface area contributed by atoms with Crippen molar-refractivity contribution >= 4 is 35.0 Å². The topological polar surface area (TPSA) is 138 Å². The number of esters is 1. The van der Waals surface area contributed by atoms with Gasteiger partial charge in [-0.15, -0.1) is 0 Å². The number of aromatic amines is 1. The van der Waals surface area contributed by atoms with Crippen LogP contribution in [-0.2, 0) is 21.8 Å². The van der Waals surface area contributed by atoms with Crippen molar-refractivity contribution in [3.63, 3.8) is 0 Å². The summed E-state index contributed by atoms with van der Waals surface area (Å²) in [6.07, 6.45) is -3.82. The van der Waals surface area contributed by atoms with Crippen LogP contribution in [0.15, 0.2) is 67.0 Å². The van der Waals surface area contributed by atoms with Crippen molar-refractivity contribution in [3.8, 4) is 0 Å². The Kier molecular flexibility index (Phi) is 5.54. The van der Waals surface area contributed by atoms with Gasteiger partial charge in [-0.2, -0.15) is 13.2 Å². The van der Waals surface area contributed by atoms with Crippen LogP contribution in [0.4, 0.5) is 23.9 Å². The fourth-order valence-electron chi connectivity index (χ4n) is 4.30. The molecular formula is C24H16F3N5O5. The smallest absolute Gasteiger partial charge is 0.465 e. The zero-order valence-corrected chi connectivity index (χ0v) is 18.6. The summed E-state index contributed by atoms with van der Waals surface area (Å²) in [5, 5.41) is 11.0. The molecule has 10 nitrogen and oxygen atoms in total. The molecule has 37 heavy (non-hydrogen) atoms. The number of pyridine rings is 1. The minimum atomic E-state index is -5.36. The van der Waals surface area contributed by atoms with Crippen LogP contribution in [0.3, 0.4) is 0 Å². The number of ether oxygens (including phenoxy) is 1. The molecule has 3 N–H and O–H groups in total. The van der Waals surface area contributed by atoms with Crippen LogP contribution in [0.5, 0.6) is 0 Å². The summed E-state index contributed by atoms with van der Waals surface area (Å²) < 4.78 is 45.8. The Balaban J connectivity index is 1.74. The molecule has 0 fully saturated rings. The molecule has 0 saturated carbocycles. The van der Waals surface area contributed by atoms with E-state index in [1.165, 1.54) is 48.8 Å². The van der Waals surface area contributed by atoms with Gasteiger partial charge in [0.25, 0.3) is 5.91 Å². The summed E-state index contributed by atoms with van der Waals surface area (Å²) in [4.78, 5) is 48.6. The predicted molar refractivity (Wildman–Crippen MR) is 121 cm³/mol. The summed E-state index contributed by atoms with van der Waals surface area (Å²) in [7, 11) is 0. The van der Waals surface area contributed by atoms with E-state index < -0.39 is 29.9 Å². The normalized spacial score (nSPS) is 17.1. The van der Waals surface area contributed by atoms with E-state index in [9.17, 15) is 27.6 Å². The van der Waals surface area contributed by atoms with Gasteiger partial charge in [0.05, 0.1) is 17.6 Å². The number of aromatic nitrogens is 3. The Hall–Kier alpha value is -4.94. The fraction of sp³-hybridized carbons (Fsp3) is 0.125. The zero-order valence-electron chi connectivity index (χ0n) is 18.6. The van der Waals surface area contributed by atoms with E-state index in [2.05, 4.69) is 20.3 Å². The summed E-state index contributed by atoms with van der Waals surface area (Å²) in [5.41, 5.74) is -1.19. The van der Waals surface area contributed by atoms with Crippen molar-refractivity contribution in [2.45, 2.75) is 18.4 Å². The van der Waals surface area contributed by atoms with Gasteiger partial charge in [0.15, 0.2) is 0 Å². The third-order valence-electron chi connectivity index (χ3n) is 5.81. The summed E-state index contributed by atoms with van der Waals surface area (Å²) in [6, 6.07) is 13.2. The average molecular weight is 511 g/mol. The number of hydrogen-bond donors (Lipinski definition) is 3. The van der Waals surface area contributed by atoms with Gasteiger partial charge < -0.3 is 14.8 Å². The molecule has 188 valence electrons. The molecule has 1 aliphatic heterocycles. The number of nitrogens with one attached hydrogen (secondary N) is 2. The van der Waals surface area contributed by atoms with Crippen LogP contribution < -0.4 is 5.32 Å². The SMILES string of the molecule is O=C(O)Nc1nc2cc(C3(OC(=O)C(F)(F)F)c4ccccc4C(=O)N3Cc3ccncc3)ccc2[nH]1. The quantitative estimate of drug-likeness (QED) is 0.344. The summed E-state index contributed by atoms with van der Waals surface area (Å²) >= 11 is 0. The number of hydrogen-bond acceptors (Lipinski definition) is 6. The van der Waals surface area contributed by atoms with Gasteiger partial charge in [-0.3, -0.25) is 20.0 Å². The van der Waals surface area contributed by atoms with Gasteiger partial charge in [-0.25, -0.2) is 14.6 Å². The predicted octanol–water partition coefficient (Wildman–Crippen LogP) is 4.01. The summed E-state index contributed by atoms with van der Waals surface area (Å²) in [6.45, 7) is -0.217. The van der Waals surface area contributed by atoms with Crippen molar-refractivity contribution in [1.29, 1.82) is 0 Å². The number of H-pyrrole nitrogens is 1. The lowest BCUT2D eigenvalue weighted by atomic mass is 9.92. The van der Waals surface area contributed by atoms with Gasteiger partial charge in [0, 0.05) is 29.1 Å². The van der Waals surface area contributed by atoms with Gasteiger partial charge in [-0.05, 0) is 35.9 Å². The number of rotatable bonds is 5. The lowest BCUT2D eigenvalue weighted by Gasteiger charge is -2.39. The number of alkyl halides is 3. The highest BCUT2D eigenvalue weighted by molar-refractivity contribution is 6.01.